The molecular formula is C28H40N2O5. The van der Waals surface area contributed by atoms with Gasteiger partial charge in [0.1, 0.15) is 5.72 Å². The lowest BCUT2D eigenvalue weighted by atomic mass is 9.80. The number of carbonyl (C=O) groups is 3. The average molecular weight is 485 g/mol. The topological polar surface area (TPSA) is 87.2 Å². The summed E-state index contributed by atoms with van der Waals surface area (Å²) in [6.07, 6.45) is 7.12. The summed E-state index contributed by atoms with van der Waals surface area (Å²) in [5.41, 5.74) is 0.0770. The van der Waals surface area contributed by atoms with Crippen molar-refractivity contribution >= 4 is 17.9 Å². The second-order valence-electron chi connectivity index (χ2n) is 11.4. The molecule has 3 atom stereocenters. The molecule has 1 aliphatic carbocycles. The van der Waals surface area contributed by atoms with E-state index in [1.165, 1.54) is 29.1 Å². The Bertz CT molecular complexity index is 917. The molecule has 192 valence electrons. The summed E-state index contributed by atoms with van der Waals surface area (Å²) in [5.74, 6) is 0.595. The number of carbonyl (C=O) groups excluding carboxylic acids is 2. The summed E-state index contributed by atoms with van der Waals surface area (Å²) in [5, 5.41) is 10.1. The van der Waals surface area contributed by atoms with Crippen LogP contribution < -0.4 is 0 Å². The van der Waals surface area contributed by atoms with Gasteiger partial charge in [0.2, 0.25) is 0 Å². The van der Waals surface area contributed by atoms with Crippen molar-refractivity contribution in [1.29, 1.82) is 0 Å². The summed E-state index contributed by atoms with van der Waals surface area (Å²) >= 11 is 0. The summed E-state index contributed by atoms with van der Waals surface area (Å²) in [4.78, 5) is 40.8. The van der Waals surface area contributed by atoms with Crippen LogP contribution in [0.3, 0.4) is 0 Å². The normalized spacial score (nSPS) is 25.4. The van der Waals surface area contributed by atoms with Crippen LogP contribution in [0.25, 0.3) is 0 Å². The zero-order valence-electron chi connectivity index (χ0n) is 21.5. The Morgan fingerprint density at radius 2 is 1.69 bits per heavy atom. The van der Waals surface area contributed by atoms with Crippen LogP contribution in [-0.2, 0) is 4.74 Å². The molecule has 1 saturated heterocycles. The number of imide groups is 1. The quantitative estimate of drug-likeness (QED) is 0.472. The lowest BCUT2D eigenvalue weighted by molar-refractivity contribution is -0.0723. The molecule has 1 N–H and O–H groups in total. The van der Waals surface area contributed by atoms with Crippen molar-refractivity contribution in [3.63, 3.8) is 0 Å². The van der Waals surface area contributed by atoms with Crippen LogP contribution in [0.15, 0.2) is 24.3 Å². The smallest absolute Gasteiger partial charge is 0.409 e. The monoisotopic (exact) mass is 484 g/mol. The molecule has 1 aromatic rings. The molecule has 3 amide bonds. The molecule has 7 heteroatoms. The van der Waals surface area contributed by atoms with Gasteiger partial charge in [-0.05, 0) is 63.0 Å². The number of fused-ring (bicyclic) bond motifs is 1. The molecule has 2 fully saturated rings. The number of rotatable bonds is 8. The fraction of sp³-hybridized carbons (Fsp3) is 0.679. The SMILES string of the molecule is CC(C)[C@@H](CCN1C(=O)c2ccccc2C1=O)CC1OC(C)(C)N(C(=O)O)C1CC1CCCCC1. The fourth-order valence-corrected chi connectivity index (χ4v) is 6.43. The first-order valence-electron chi connectivity index (χ1n) is 13.3. The molecule has 3 aliphatic rings. The minimum atomic E-state index is -0.926. The van der Waals surface area contributed by atoms with Gasteiger partial charge in [-0.1, -0.05) is 58.1 Å². The van der Waals surface area contributed by atoms with Crippen molar-refractivity contribution in [2.24, 2.45) is 17.8 Å². The van der Waals surface area contributed by atoms with Gasteiger partial charge in [0.05, 0.1) is 23.3 Å². The standard InChI is InChI=1S/C28H40N2O5/c1-18(2)20(14-15-29-25(31)21-12-8-9-13-22(21)26(29)32)17-24-23(16-19-10-6-5-7-11-19)30(27(33)34)28(3,4)35-24/h8-9,12-13,18-20,23-24H,5-7,10-11,14-17H2,1-4H3,(H,33,34)/t20-,23?,24?/m0/s1. The Morgan fingerprint density at radius 3 is 2.23 bits per heavy atom. The molecule has 0 aromatic heterocycles. The maximum atomic E-state index is 12.8. The minimum Gasteiger partial charge on any atom is -0.465 e. The van der Waals surface area contributed by atoms with Gasteiger partial charge in [-0.3, -0.25) is 19.4 Å². The van der Waals surface area contributed by atoms with E-state index in [9.17, 15) is 19.5 Å². The lowest BCUT2D eigenvalue weighted by Gasteiger charge is -2.34. The van der Waals surface area contributed by atoms with E-state index in [1.807, 2.05) is 13.8 Å². The second-order valence-corrected chi connectivity index (χ2v) is 11.4. The lowest BCUT2D eigenvalue weighted by Crippen LogP contribution is -2.48. The van der Waals surface area contributed by atoms with Gasteiger partial charge in [-0.25, -0.2) is 4.79 Å². The highest BCUT2D eigenvalue weighted by Crippen LogP contribution is 2.41. The van der Waals surface area contributed by atoms with Gasteiger partial charge in [-0.15, -0.1) is 0 Å². The summed E-state index contributed by atoms with van der Waals surface area (Å²) < 4.78 is 6.42. The number of hydrogen-bond acceptors (Lipinski definition) is 4. The van der Waals surface area contributed by atoms with Crippen LogP contribution in [0, 0.1) is 17.8 Å². The first-order chi connectivity index (χ1) is 16.6. The molecule has 1 saturated carbocycles. The third kappa shape index (κ3) is 5.25. The van der Waals surface area contributed by atoms with Gasteiger partial charge >= 0.3 is 6.09 Å². The van der Waals surface area contributed by atoms with Crippen molar-refractivity contribution in [1.82, 2.24) is 9.80 Å². The number of amides is 3. The molecule has 2 unspecified atom stereocenters. The van der Waals surface area contributed by atoms with Crippen LogP contribution >= 0.6 is 0 Å². The summed E-state index contributed by atoms with van der Waals surface area (Å²) in [6, 6.07) is 6.81. The van der Waals surface area contributed by atoms with Gasteiger partial charge in [0.25, 0.3) is 11.8 Å². The van der Waals surface area contributed by atoms with E-state index in [4.69, 9.17) is 4.74 Å². The van der Waals surface area contributed by atoms with Crippen LogP contribution in [0.4, 0.5) is 4.79 Å². The molecule has 0 bridgehead atoms. The van der Waals surface area contributed by atoms with Crippen LogP contribution in [-0.4, -0.2) is 57.2 Å². The summed E-state index contributed by atoms with van der Waals surface area (Å²) in [7, 11) is 0. The van der Waals surface area contributed by atoms with Crippen LogP contribution in [0.1, 0.15) is 99.8 Å². The van der Waals surface area contributed by atoms with Gasteiger partial charge in [0, 0.05) is 6.54 Å². The summed E-state index contributed by atoms with van der Waals surface area (Å²) in [6.45, 7) is 8.36. The Morgan fingerprint density at radius 1 is 1.09 bits per heavy atom. The first-order valence-corrected chi connectivity index (χ1v) is 13.3. The molecule has 7 nitrogen and oxygen atoms in total. The molecule has 2 heterocycles. The van der Waals surface area contributed by atoms with E-state index in [1.54, 1.807) is 24.3 Å². The second kappa shape index (κ2) is 10.3. The van der Waals surface area contributed by atoms with E-state index >= 15 is 0 Å². The van der Waals surface area contributed by atoms with E-state index < -0.39 is 11.8 Å². The van der Waals surface area contributed by atoms with Crippen molar-refractivity contribution in [2.45, 2.75) is 96.9 Å². The van der Waals surface area contributed by atoms with Crippen molar-refractivity contribution in [2.75, 3.05) is 6.54 Å². The van der Waals surface area contributed by atoms with Crippen LogP contribution in [0.5, 0.6) is 0 Å². The Labute approximate surface area is 208 Å². The zero-order chi connectivity index (χ0) is 25.3. The van der Waals surface area contributed by atoms with E-state index in [2.05, 4.69) is 13.8 Å². The maximum absolute atomic E-state index is 12.8. The number of carboxylic acid groups (broad SMARTS) is 1. The van der Waals surface area contributed by atoms with Crippen LogP contribution in [0.2, 0.25) is 0 Å². The molecule has 0 radical (unpaired) electrons. The van der Waals surface area contributed by atoms with E-state index in [0.29, 0.717) is 42.3 Å². The zero-order valence-corrected chi connectivity index (χ0v) is 21.5. The predicted octanol–water partition coefficient (Wildman–Crippen LogP) is 5.79. The Hall–Kier alpha value is -2.41. The highest BCUT2D eigenvalue weighted by Gasteiger charge is 2.51. The highest BCUT2D eigenvalue weighted by atomic mass is 16.6. The first kappa shape index (κ1) is 25.7. The highest BCUT2D eigenvalue weighted by molar-refractivity contribution is 6.21. The Kier molecular flexibility index (Phi) is 7.55. The minimum absolute atomic E-state index is 0.175. The van der Waals surface area contributed by atoms with Crippen molar-refractivity contribution in [3.05, 3.63) is 35.4 Å². The Balaban J connectivity index is 1.47. The fourth-order valence-electron chi connectivity index (χ4n) is 6.43. The molecule has 35 heavy (non-hydrogen) atoms. The number of benzene rings is 1. The molecule has 4 rings (SSSR count). The van der Waals surface area contributed by atoms with E-state index in [0.717, 1.165) is 19.3 Å². The van der Waals surface area contributed by atoms with Gasteiger partial charge in [-0.2, -0.15) is 0 Å². The third-order valence-electron chi connectivity index (χ3n) is 8.37. The van der Waals surface area contributed by atoms with Crippen molar-refractivity contribution < 1.29 is 24.2 Å². The third-order valence-corrected chi connectivity index (χ3v) is 8.37. The largest absolute Gasteiger partial charge is 0.465 e. The van der Waals surface area contributed by atoms with E-state index in [-0.39, 0.29) is 29.9 Å². The number of nitrogens with zero attached hydrogens (tertiary/aromatic N) is 2. The maximum Gasteiger partial charge on any atom is 0.409 e. The molecule has 2 aliphatic heterocycles. The molecule has 0 spiro atoms. The molecular weight excluding hydrogens is 444 g/mol. The average Bonchev–Trinajstić information content (AvgIpc) is 3.20. The van der Waals surface area contributed by atoms with Crippen molar-refractivity contribution in [3.8, 4) is 0 Å². The number of hydrogen-bond donors (Lipinski definition) is 1. The molecule has 1 aromatic carbocycles. The van der Waals surface area contributed by atoms with Gasteiger partial charge < -0.3 is 9.84 Å². The number of ether oxygens (including phenoxy) is 1. The predicted molar refractivity (Wildman–Crippen MR) is 133 cm³/mol. The van der Waals surface area contributed by atoms with Gasteiger partial charge in [0.15, 0.2) is 0 Å².